The van der Waals surface area contributed by atoms with Crippen LogP contribution in [0.25, 0.3) is 0 Å². The van der Waals surface area contributed by atoms with Gasteiger partial charge in [-0.05, 0) is 36.4 Å². The highest BCUT2D eigenvalue weighted by molar-refractivity contribution is 7.92. The number of hydrogen-bond acceptors (Lipinski definition) is 5. The second kappa shape index (κ2) is 7.79. The molecule has 0 atom stereocenters. The number of hydrogen-bond donors (Lipinski definition) is 2. The molecule has 1 saturated heterocycles. The van der Waals surface area contributed by atoms with Gasteiger partial charge in [0, 0.05) is 38.5 Å². The quantitative estimate of drug-likeness (QED) is 0.822. The van der Waals surface area contributed by atoms with Crippen LogP contribution in [-0.2, 0) is 19.6 Å². The molecular formula is C19H21N3O4S. The third-order valence-electron chi connectivity index (χ3n) is 4.30. The third kappa shape index (κ3) is 4.65. The summed E-state index contributed by atoms with van der Waals surface area (Å²) in [4.78, 5) is 24.7. The van der Waals surface area contributed by atoms with Crippen LogP contribution in [0.15, 0.2) is 53.4 Å². The fraction of sp³-hybridized carbons (Fsp3) is 0.263. The van der Waals surface area contributed by atoms with Gasteiger partial charge in [0.25, 0.3) is 10.0 Å². The Balaban J connectivity index is 1.82. The number of Topliss-reactive ketones (excluding diaryl/α,β-unsaturated/α-hetero) is 1. The number of amides is 1. The second-order valence-corrected chi connectivity index (χ2v) is 8.04. The Morgan fingerprint density at radius 2 is 1.63 bits per heavy atom. The van der Waals surface area contributed by atoms with Crippen LogP contribution in [0, 0.1) is 0 Å². The predicted molar refractivity (Wildman–Crippen MR) is 104 cm³/mol. The monoisotopic (exact) mass is 387 g/mol. The van der Waals surface area contributed by atoms with Gasteiger partial charge in [-0.15, -0.1) is 0 Å². The maximum Gasteiger partial charge on any atom is 0.261 e. The summed E-state index contributed by atoms with van der Waals surface area (Å²) >= 11 is 0. The first-order valence-corrected chi connectivity index (χ1v) is 10.1. The molecule has 1 aliphatic rings. The summed E-state index contributed by atoms with van der Waals surface area (Å²) < 4.78 is 28.1. The van der Waals surface area contributed by atoms with Crippen LogP contribution in [0.3, 0.4) is 0 Å². The number of nitrogens with one attached hydrogen (secondary N) is 2. The molecule has 3 rings (SSSR count). The second-order valence-electron chi connectivity index (χ2n) is 6.35. The van der Waals surface area contributed by atoms with E-state index in [1.165, 1.54) is 31.2 Å². The number of para-hydroxylation sites is 2. The third-order valence-corrected chi connectivity index (χ3v) is 5.68. The molecule has 0 saturated carbocycles. The molecule has 7 nitrogen and oxygen atoms in total. The SMILES string of the molecule is CC(=O)Nc1ccc(S(=O)(=O)Nc2ccccc2N2CCC(=O)CC2)cc1. The van der Waals surface area contributed by atoms with Gasteiger partial charge in [-0.2, -0.15) is 0 Å². The van der Waals surface area contributed by atoms with Crippen LogP contribution < -0.4 is 14.9 Å². The van der Waals surface area contributed by atoms with Gasteiger partial charge in [-0.3, -0.25) is 14.3 Å². The number of ketones is 1. The molecule has 0 bridgehead atoms. The predicted octanol–water partition coefficient (Wildman–Crippen LogP) is 2.62. The zero-order valence-electron chi connectivity index (χ0n) is 14.9. The van der Waals surface area contributed by atoms with Gasteiger partial charge in [0.1, 0.15) is 5.78 Å². The Bertz CT molecular complexity index is 945. The van der Waals surface area contributed by atoms with Gasteiger partial charge in [0.2, 0.25) is 5.91 Å². The molecule has 1 fully saturated rings. The molecule has 2 N–H and O–H groups in total. The summed E-state index contributed by atoms with van der Waals surface area (Å²) in [6.07, 6.45) is 0.928. The minimum Gasteiger partial charge on any atom is -0.369 e. The molecule has 0 spiro atoms. The van der Waals surface area contributed by atoms with Crippen LogP contribution in [0.4, 0.5) is 17.1 Å². The minimum absolute atomic E-state index is 0.0974. The Labute approximate surface area is 158 Å². The molecule has 1 amide bonds. The molecular weight excluding hydrogens is 366 g/mol. The van der Waals surface area contributed by atoms with Gasteiger partial charge in [0.15, 0.2) is 0 Å². The lowest BCUT2D eigenvalue weighted by Gasteiger charge is -2.30. The molecule has 2 aromatic rings. The Morgan fingerprint density at radius 1 is 1.00 bits per heavy atom. The topological polar surface area (TPSA) is 95.6 Å². The zero-order chi connectivity index (χ0) is 19.4. The lowest BCUT2D eigenvalue weighted by Crippen LogP contribution is -2.34. The first-order chi connectivity index (χ1) is 12.8. The molecule has 27 heavy (non-hydrogen) atoms. The molecule has 0 unspecified atom stereocenters. The normalized spacial score (nSPS) is 14.7. The Morgan fingerprint density at radius 3 is 2.26 bits per heavy atom. The van der Waals surface area contributed by atoms with E-state index in [2.05, 4.69) is 10.0 Å². The summed E-state index contributed by atoms with van der Waals surface area (Å²) in [5, 5.41) is 2.60. The van der Waals surface area contributed by atoms with Crippen molar-refractivity contribution in [3.05, 3.63) is 48.5 Å². The van der Waals surface area contributed by atoms with Crippen molar-refractivity contribution < 1.29 is 18.0 Å². The van der Waals surface area contributed by atoms with Crippen LogP contribution in [0.5, 0.6) is 0 Å². The van der Waals surface area contributed by atoms with Crippen LogP contribution >= 0.6 is 0 Å². The highest BCUT2D eigenvalue weighted by atomic mass is 32.2. The molecule has 142 valence electrons. The van der Waals surface area contributed by atoms with Crippen molar-refractivity contribution in [3.8, 4) is 0 Å². The van der Waals surface area contributed by atoms with Crippen LogP contribution in [-0.4, -0.2) is 33.2 Å². The molecule has 1 heterocycles. The maximum atomic E-state index is 12.8. The number of carbonyl (C=O) groups is 2. The molecule has 1 aliphatic heterocycles. The standard InChI is InChI=1S/C19H21N3O4S/c1-14(23)20-15-6-8-17(9-7-15)27(25,26)21-18-4-2-3-5-19(18)22-12-10-16(24)11-13-22/h2-9,21H,10-13H2,1H3,(H,20,23). The van der Waals surface area contributed by atoms with E-state index >= 15 is 0 Å². The number of benzene rings is 2. The van der Waals surface area contributed by atoms with Gasteiger partial charge in [-0.1, -0.05) is 12.1 Å². The number of anilines is 3. The van der Waals surface area contributed by atoms with Gasteiger partial charge >= 0.3 is 0 Å². The first-order valence-electron chi connectivity index (χ1n) is 8.61. The number of piperidine rings is 1. The lowest BCUT2D eigenvalue weighted by atomic mass is 10.1. The zero-order valence-corrected chi connectivity index (χ0v) is 15.8. The Kier molecular flexibility index (Phi) is 5.46. The van der Waals surface area contributed by atoms with E-state index in [0.717, 1.165) is 5.69 Å². The minimum atomic E-state index is -3.79. The van der Waals surface area contributed by atoms with Gasteiger partial charge < -0.3 is 10.2 Å². The summed E-state index contributed by atoms with van der Waals surface area (Å²) in [6.45, 7) is 2.53. The van der Waals surface area contributed by atoms with Crippen molar-refractivity contribution in [2.75, 3.05) is 28.0 Å². The summed E-state index contributed by atoms with van der Waals surface area (Å²) in [7, 11) is -3.79. The van der Waals surface area contributed by atoms with Crippen LogP contribution in [0.2, 0.25) is 0 Å². The van der Waals surface area contributed by atoms with Crippen molar-refractivity contribution in [1.82, 2.24) is 0 Å². The number of carbonyl (C=O) groups excluding carboxylic acids is 2. The average Bonchev–Trinajstić information content (AvgIpc) is 2.63. The van der Waals surface area contributed by atoms with E-state index in [4.69, 9.17) is 0 Å². The fourth-order valence-electron chi connectivity index (χ4n) is 2.96. The smallest absolute Gasteiger partial charge is 0.261 e. The average molecular weight is 387 g/mol. The van der Waals surface area contributed by atoms with Crippen molar-refractivity contribution in [3.63, 3.8) is 0 Å². The van der Waals surface area contributed by atoms with E-state index in [1.54, 1.807) is 12.1 Å². The summed E-state index contributed by atoms with van der Waals surface area (Å²) in [5.74, 6) is 0.00115. The molecule has 0 radical (unpaired) electrons. The number of sulfonamides is 1. The molecule has 2 aromatic carbocycles. The van der Waals surface area contributed by atoms with E-state index in [0.29, 0.717) is 37.3 Å². The van der Waals surface area contributed by atoms with E-state index in [9.17, 15) is 18.0 Å². The Hall–Kier alpha value is -2.87. The molecule has 0 aromatic heterocycles. The maximum absolute atomic E-state index is 12.8. The lowest BCUT2D eigenvalue weighted by molar-refractivity contribution is -0.119. The van der Waals surface area contributed by atoms with Gasteiger partial charge in [-0.25, -0.2) is 8.42 Å². The van der Waals surface area contributed by atoms with Crippen molar-refractivity contribution in [2.45, 2.75) is 24.7 Å². The van der Waals surface area contributed by atoms with E-state index in [1.807, 2.05) is 17.0 Å². The largest absolute Gasteiger partial charge is 0.369 e. The summed E-state index contributed by atoms with van der Waals surface area (Å²) in [6, 6.07) is 13.1. The van der Waals surface area contributed by atoms with Crippen molar-refractivity contribution >= 4 is 38.8 Å². The summed E-state index contributed by atoms with van der Waals surface area (Å²) in [5.41, 5.74) is 1.75. The highest BCUT2D eigenvalue weighted by Gasteiger charge is 2.21. The van der Waals surface area contributed by atoms with Crippen molar-refractivity contribution in [1.29, 1.82) is 0 Å². The van der Waals surface area contributed by atoms with Crippen molar-refractivity contribution in [2.24, 2.45) is 0 Å². The number of nitrogens with zero attached hydrogens (tertiary/aromatic N) is 1. The van der Waals surface area contributed by atoms with E-state index in [-0.39, 0.29) is 16.6 Å². The van der Waals surface area contributed by atoms with Crippen LogP contribution in [0.1, 0.15) is 19.8 Å². The molecule has 8 heteroatoms. The first kappa shape index (κ1) is 18.9. The highest BCUT2D eigenvalue weighted by Crippen LogP contribution is 2.29. The molecule has 0 aliphatic carbocycles. The van der Waals surface area contributed by atoms with E-state index < -0.39 is 10.0 Å². The number of rotatable bonds is 5. The van der Waals surface area contributed by atoms with Gasteiger partial charge in [0.05, 0.1) is 16.3 Å². The fourth-order valence-corrected chi connectivity index (χ4v) is 4.03.